The molecule has 0 atom stereocenters. The van der Waals surface area contributed by atoms with Gasteiger partial charge in [0.2, 0.25) is 0 Å². The van der Waals surface area contributed by atoms with Crippen LogP contribution in [0.1, 0.15) is 60.0 Å². The molecule has 1 aromatic carbocycles. The minimum Gasteiger partial charge on any atom is -0.359 e. The molecule has 5 heteroatoms. The maximum absolute atomic E-state index is 12.0. The van der Waals surface area contributed by atoms with Crippen molar-refractivity contribution in [3.05, 3.63) is 52.9 Å². The van der Waals surface area contributed by atoms with Gasteiger partial charge in [-0.05, 0) is 37.1 Å². The fourth-order valence-electron chi connectivity index (χ4n) is 2.28. The summed E-state index contributed by atoms with van der Waals surface area (Å²) in [5.74, 6) is 0.834. The molecule has 1 N–H and O–H groups in total. The van der Waals surface area contributed by atoms with Gasteiger partial charge in [0.25, 0.3) is 5.91 Å². The Kier molecular flexibility index (Phi) is 5.31. The highest BCUT2D eigenvalue weighted by atomic mass is 16.5. The van der Waals surface area contributed by atoms with Gasteiger partial charge in [0.15, 0.2) is 5.76 Å². The van der Waals surface area contributed by atoms with Gasteiger partial charge >= 0.3 is 0 Å². The van der Waals surface area contributed by atoms with Crippen LogP contribution in [0, 0.1) is 11.3 Å². The van der Waals surface area contributed by atoms with Crippen LogP contribution >= 0.6 is 0 Å². The molecule has 2 rings (SSSR count). The van der Waals surface area contributed by atoms with Crippen LogP contribution in [-0.4, -0.2) is 11.1 Å². The lowest BCUT2D eigenvalue weighted by atomic mass is 9.99. The van der Waals surface area contributed by atoms with Crippen molar-refractivity contribution < 1.29 is 9.32 Å². The standard InChI is InChI=1S/C17H19N3O2/c1-3-13(4-2)16-9-15(22-20-16)11-19-17(21)14-7-5-12(10-18)6-8-14/h5-9,13H,3-4,11H2,1-2H3,(H,19,21). The summed E-state index contributed by atoms with van der Waals surface area (Å²) in [6, 6.07) is 10.4. The Morgan fingerprint density at radius 1 is 1.32 bits per heavy atom. The van der Waals surface area contributed by atoms with E-state index < -0.39 is 0 Å². The van der Waals surface area contributed by atoms with E-state index in [1.165, 1.54) is 0 Å². The Morgan fingerprint density at radius 2 is 2.00 bits per heavy atom. The van der Waals surface area contributed by atoms with Crippen molar-refractivity contribution in [2.75, 3.05) is 0 Å². The average molecular weight is 297 g/mol. The first-order valence-electron chi connectivity index (χ1n) is 7.41. The van der Waals surface area contributed by atoms with E-state index in [9.17, 15) is 4.79 Å². The third-order valence-corrected chi connectivity index (χ3v) is 3.68. The maximum Gasteiger partial charge on any atom is 0.251 e. The zero-order valence-electron chi connectivity index (χ0n) is 12.8. The molecule has 0 aliphatic carbocycles. The van der Waals surface area contributed by atoms with Gasteiger partial charge in [-0.3, -0.25) is 4.79 Å². The van der Waals surface area contributed by atoms with Crippen molar-refractivity contribution >= 4 is 5.91 Å². The molecule has 0 radical (unpaired) electrons. The normalized spacial score (nSPS) is 10.5. The number of hydrogen-bond acceptors (Lipinski definition) is 4. The first-order valence-corrected chi connectivity index (χ1v) is 7.41. The van der Waals surface area contributed by atoms with Gasteiger partial charge in [0.1, 0.15) is 0 Å². The third-order valence-electron chi connectivity index (χ3n) is 3.68. The molecule has 1 aromatic heterocycles. The number of aromatic nitrogens is 1. The third kappa shape index (κ3) is 3.73. The molecular weight excluding hydrogens is 278 g/mol. The van der Waals surface area contributed by atoms with Crippen molar-refractivity contribution in [3.63, 3.8) is 0 Å². The van der Waals surface area contributed by atoms with E-state index in [4.69, 9.17) is 9.78 Å². The maximum atomic E-state index is 12.0. The lowest BCUT2D eigenvalue weighted by molar-refractivity contribution is 0.0947. The van der Waals surface area contributed by atoms with Crippen molar-refractivity contribution in [1.29, 1.82) is 5.26 Å². The Morgan fingerprint density at radius 3 is 2.59 bits per heavy atom. The zero-order valence-corrected chi connectivity index (χ0v) is 12.8. The molecule has 2 aromatic rings. The predicted octanol–water partition coefficient (Wildman–Crippen LogP) is 3.38. The summed E-state index contributed by atoms with van der Waals surface area (Å²) in [6.45, 7) is 4.54. The van der Waals surface area contributed by atoms with Gasteiger partial charge in [-0.15, -0.1) is 0 Å². The minimum absolute atomic E-state index is 0.204. The van der Waals surface area contributed by atoms with Gasteiger partial charge in [-0.2, -0.15) is 5.26 Å². The Bertz CT molecular complexity index is 664. The molecular formula is C17H19N3O2. The monoisotopic (exact) mass is 297 g/mol. The lowest BCUT2D eigenvalue weighted by Crippen LogP contribution is -2.22. The summed E-state index contributed by atoms with van der Waals surface area (Å²) in [6.07, 6.45) is 2.03. The van der Waals surface area contributed by atoms with E-state index in [1.807, 2.05) is 12.1 Å². The quantitative estimate of drug-likeness (QED) is 0.886. The van der Waals surface area contributed by atoms with E-state index in [1.54, 1.807) is 24.3 Å². The van der Waals surface area contributed by atoms with Gasteiger partial charge in [-0.1, -0.05) is 19.0 Å². The molecule has 0 aliphatic rings. The lowest BCUT2D eigenvalue weighted by Gasteiger charge is -2.06. The highest BCUT2D eigenvalue weighted by Gasteiger charge is 2.13. The summed E-state index contributed by atoms with van der Waals surface area (Å²) in [4.78, 5) is 12.0. The molecule has 1 amide bonds. The second kappa shape index (κ2) is 7.41. The number of carbonyl (C=O) groups excluding carboxylic acids is 1. The van der Waals surface area contributed by atoms with E-state index in [-0.39, 0.29) is 5.91 Å². The minimum atomic E-state index is -0.204. The Hall–Kier alpha value is -2.61. The zero-order chi connectivity index (χ0) is 15.9. The van der Waals surface area contributed by atoms with Gasteiger partial charge in [0, 0.05) is 17.5 Å². The second-order valence-electron chi connectivity index (χ2n) is 5.10. The number of hydrogen-bond donors (Lipinski definition) is 1. The fourth-order valence-corrected chi connectivity index (χ4v) is 2.28. The second-order valence-corrected chi connectivity index (χ2v) is 5.10. The molecule has 0 unspecified atom stereocenters. The molecule has 0 aliphatic heterocycles. The van der Waals surface area contributed by atoms with Crippen LogP contribution in [0.3, 0.4) is 0 Å². The smallest absolute Gasteiger partial charge is 0.251 e. The molecule has 5 nitrogen and oxygen atoms in total. The van der Waals surface area contributed by atoms with E-state index in [2.05, 4.69) is 24.3 Å². The van der Waals surface area contributed by atoms with E-state index >= 15 is 0 Å². The average Bonchev–Trinajstić information content (AvgIpc) is 3.02. The van der Waals surface area contributed by atoms with Crippen molar-refractivity contribution in [2.24, 2.45) is 0 Å². The van der Waals surface area contributed by atoms with Crippen molar-refractivity contribution in [3.8, 4) is 6.07 Å². The number of nitrogens with one attached hydrogen (secondary N) is 1. The molecule has 0 saturated carbocycles. The summed E-state index contributed by atoms with van der Waals surface area (Å²) < 4.78 is 5.26. The highest BCUT2D eigenvalue weighted by molar-refractivity contribution is 5.94. The van der Waals surface area contributed by atoms with Gasteiger partial charge in [0.05, 0.1) is 23.9 Å². The molecule has 114 valence electrons. The van der Waals surface area contributed by atoms with Crippen LogP contribution in [-0.2, 0) is 6.54 Å². The number of benzene rings is 1. The molecule has 0 bridgehead atoms. The van der Waals surface area contributed by atoms with Crippen molar-refractivity contribution in [1.82, 2.24) is 10.5 Å². The summed E-state index contributed by atoms with van der Waals surface area (Å²) in [7, 11) is 0. The first kappa shape index (κ1) is 15.8. The number of amides is 1. The molecule has 0 fully saturated rings. The van der Waals surface area contributed by atoms with E-state index in [0.717, 1.165) is 18.5 Å². The van der Waals surface area contributed by atoms with Gasteiger partial charge in [-0.25, -0.2) is 0 Å². The Labute approximate surface area is 129 Å². The van der Waals surface area contributed by atoms with Crippen LogP contribution < -0.4 is 5.32 Å². The number of rotatable bonds is 6. The summed E-state index contributed by atoms with van der Waals surface area (Å²) in [5, 5.41) is 15.6. The first-order chi connectivity index (χ1) is 10.7. The number of nitrogens with zero attached hydrogens (tertiary/aromatic N) is 2. The van der Waals surface area contributed by atoms with Crippen LogP contribution in [0.25, 0.3) is 0 Å². The molecule has 0 spiro atoms. The number of nitriles is 1. The van der Waals surface area contributed by atoms with E-state index in [0.29, 0.717) is 29.3 Å². The predicted molar refractivity (Wildman–Crippen MR) is 82.2 cm³/mol. The Balaban J connectivity index is 1.95. The SMILES string of the molecule is CCC(CC)c1cc(CNC(=O)c2ccc(C#N)cc2)on1. The summed E-state index contributed by atoms with van der Waals surface area (Å²) in [5.41, 5.74) is 1.98. The molecule has 1 heterocycles. The van der Waals surface area contributed by atoms with Crippen LogP contribution in [0.4, 0.5) is 0 Å². The van der Waals surface area contributed by atoms with Crippen LogP contribution in [0.15, 0.2) is 34.9 Å². The molecule has 0 saturated heterocycles. The fraction of sp³-hybridized carbons (Fsp3) is 0.353. The van der Waals surface area contributed by atoms with Gasteiger partial charge < -0.3 is 9.84 Å². The van der Waals surface area contributed by atoms with Crippen LogP contribution in [0.5, 0.6) is 0 Å². The topological polar surface area (TPSA) is 78.9 Å². The van der Waals surface area contributed by atoms with Crippen molar-refractivity contribution in [2.45, 2.75) is 39.2 Å². The molecule has 22 heavy (non-hydrogen) atoms. The number of carbonyl (C=O) groups is 1. The summed E-state index contributed by atoms with van der Waals surface area (Å²) >= 11 is 0. The highest BCUT2D eigenvalue weighted by Crippen LogP contribution is 2.22. The van der Waals surface area contributed by atoms with Crippen LogP contribution in [0.2, 0.25) is 0 Å². The largest absolute Gasteiger partial charge is 0.359 e.